The van der Waals surface area contributed by atoms with Crippen molar-refractivity contribution in [1.29, 1.82) is 5.41 Å². The normalized spacial score (nSPS) is 10.8. The number of amidine groups is 1. The van der Waals surface area contributed by atoms with Gasteiger partial charge in [-0.05, 0) is 6.92 Å². The number of nitrogens with one attached hydrogen (secondary N) is 2. The number of hydrogen-bond acceptors (Lipinski definition) is 3. The molecule has 0 rings (SSSR count). The molecule has 0 saturated heterocycles. The second-order valence-corrected chi connectivity index (χ2v) is 3.25. The summed E-state index contributed by atoms with van der Waals surface area (Å²) in [5.74, 6) is -0.0625. The molecule has 48 valence electrons. The Kier molecular flexibility index (Phi) is 1.97. The molecule has 0 aliphatic heterocycles. The Labute approximate surface area is 48.5 Å². The van der Waals surface area contributed by atoms with Gasteiger partial charge in [0.15, 0.2) is 0 Å². The third-order valence-electron chi connectivity index (χ3n) is 0.338. The molecule has 5 heteroatoms. The standard InChI is InChI=1S/C3H8N2O2S/c1-3(4)5-8(2,6)7/h1-2H3,(H2,4,5). The summed E-state index contributed by atoms with van der Waals surface area (Å²) in [5, 5.41) is 6.66. The molecule has 0 atom stereocenters. The van der Waals surface area contributed by atoms with E-state index in [-0.39, 0.29) is 5.84 Å². The summed E-state index contributed by atoms with van der Waals surface area (Å²) in [7, 11) is -3.20. The van der Waals surface area contributed by atoms with Gasteiger partial charge in [0, 0.05) is 0 Å². The molecule has 0 unspecified atom stereocenters. The Morgan fingerprint density at radius 2 is 2.00 bits per heavy atom. The molecule has 0 amide bonds. The first kappa shape index (κ1) is 7.42. The number of hydrogen-bond donors (Lipinski definition) is 2. The molecule has 0 fully saturated rings. The van der Waals surface area contributed by atoms with E-state index < -0.39 is 10.0 Å². The maximum atomic E-state index is 10.2. The smallest absolute Gasteiger partial charge is 0.230 e. The first-order chi connectivity index (χ1) is 3.42. The van der Waals surface area contributed by atoms with Crippen LogP contribution in [0.3, 0.4) is 0 Å². The average Bonchev–Trinajstić information content (AvgIpc) is 1.21. The van der Waals surface area contributed by atoms with Crippen LogP contribution in [0.15, 0.2) is 0 Å². The van der Waals surface area contributed by atoms with Gasteiger partial charge in [0.05, 0.1) is 6.26 Å². The van der Waals surface area contributed by atoms with E-state index in [1.807, 2.05) is 4.72 Å². The molecule has 4 nitrogen and oxygen atoms in total. The summed E-state index contributed by atoms with van der Waals surface area (Å²) in [4.78, 5) is 0. The van der Waals surface area contributed by atoms with Crippen LogP contribution in [0, 0.1) is 5.41 Å². The Morgan fingerprint density at radius 3 is 2.00 bits per heavy atom. The van der Waals surface area contributed by atoms with Gasteiger partial charge in [0.1, 0.15) is 5.84 Å². The van der Waals surface area contributed by atoms with Gasteiger partial charge in [0.25, 0.3) is 0 Å². The van der Waals surface area contributed by atoms with Gasteiger partial charge in [-0.25, -0.2) is 8.42 Å². The van der Waals surface area contributed by atoms with E-state index >= 15 is 0 Å². The van der Waals surface area contributed by atoms with E-state index in [2.05, 4.69) is 0 Å². The summed E-state index contributed by atoms with van der Waals surface area (Å²) >= 11 is 0. The van der Waals surface area contributed by atoms with Crippen molar-refractivity contribution < 1.29 is 8.42 Å². The molecular weight excluding hydrogens is 128 g/mol. The van der Waals surface area contributed by atoms with Crippen LogP contribution in [0.25, 0.3) is 0 Å². The zero-order valence-electron chi connectivity index (χ0n) is 4.72. The summed E-state index contributed by atoms with van der Waals surface area (Å²) < 4.78 is 22.3. The second-order valence-electron chi connectivity index (χ2n) is 1.50. The summed E-state index contributed by atoms with van der Waals surface area (Å²) in [6.45, 7) is 1.36. The van der Waals surface area contributed by atoms with Crippen LogP contribution in [-0.2, 0) is 10.0 Å². The van der Waals surface area contributed by atoms with Gasteiger partial charge in [-0.2, -0.15) is 0 Å². The summed E-state index contributed by atoms with van der Waals surface area (Å²) in [6.07, 6.45) is 1.00. The fourth-order valence-corrected chi connectivity index (χ4v) is 0.834. The predicted molar refractivity (Wildman–Crippen MR) is 31.4 cm³/mol. The quantitative estimate of drug-likeness (QED) is 0.378. The maximum Gasteiger partial charge on any atom is 0.230 e. The number of sulfonamides is 1. The van der Waals surface area contributed by atoms with E-state index in [1.54, 1.807) is 0 Å². The van der Waals surface area contributed by atoms with E-state index in [0.29, 0.717) is 0 Å². The summed E-state index contributed by atoms with van der Waals surface area (Å²) in [5.41, 5.74) is 0. The van der Waals surface area contributed by atoms with Crippen LogP contribution in [0.2, 0.25) is 0 Å². The van der Waals surface area contributed by atoms with Crippen molar-refractivity contribution in [2.75, 3.05) is 6.26 Å². The zero-order chi connectivity index (χ0) is 6.78. The lowest BCUT2D eigenvalue weighted by molar-refractivity contribution is 0.598. The summed E-state index contributed by atoms with van der Waals surface area (Å²) in [6, 6.07) is 0. The molecule has 0 aromatic heterocycles. The van der Waals surface area contributed by atoms with Crippen molar-refractivity contribution in [3.63, 3.8) is 0 Å². The van der Waals surface area contributed by atoms with Crippen molar-refractivity contribution in [1.82, 2.24) is 4.72 Å². The highest BCUT2D eigenvalue weighted by molar-refractivity contribution is 7.89. The van der Waals surface area contributed by atoms with E-state index in [0.717, 1.165) is 6.26 Å². The molecule has 0 aliphatic carbocycles. The van der Waals surface area contributed by atoms with Crippen LogP contribution < -0.4 is 4.72 Å². The molecule has 0 aliphatic rings. The lowest BCUT2D eigenvalue weighted by Gasteiger charge is -1.96. The highest BCUT2D eigenvalue weighted by atomic mass is 32.2. The molecule has 8 heavy (non-hydrogen) atoms. The molecule has 2 N–H and O–H groups in total. The van der Waals surface area contributed by atoms with Crippen molar-refractivity contribution in [3.05, 3.63) is 0 Å². The fraction of sp³-hybridized carbons (Fsp3) is 0.667. The Balaban J connectivity index is 3.95. The van der Waals surface area contributed by atoms with Gasteiger partial charge in [-0.15, -0.1) is 0 Å². The molecular formula is C3H8N2O2S. The molecule has 0 aromatic carbocycles. The van der Waals surface area contributed by atoms with Crippen molar-refractivity contribution >= 4 is 15.9 Å². The van der Waals surface area contributed by atoms with Crippen molar-refractivity contribution in [2.24, 2.45) is 0 Å². The van der Waals surface area contributed by atoms with Gasteiger partial charge < -0.3 is 0 Å². The first-order valence-electron chi connectivity index (χ1n) is 1.95. The monoisotopic (exact) mass is 136 g/mol. The molecule has 0 radical (unpaired) electrons. The van der Waals surface area contributed by atoms with Gasteiger partial charge >= 0.3 is 0 Å². The largest absolute Gasteiger partial charge is 0.288 e. The SMILES string of the molecule is CC(=N)NS(C)(=O)=O. The predicted octanol–water partition coefficient (Wildman–Crippen LogP) is -0.467. The third kappa shape index (κ3) is 5.42. The Hall–Kier alpha value is -0.580. The molecule has 0 bridgehead atoms. The van der Waals surface area contributed by atoms with Crippen LogP contribution >= 0.6 is 0 Å². The minimum absolute atomic E-state index is 0.0625. The van der Waals surface area contributed by atoms with Crippen molar-refractivity contribution in [2.45, 2.75) is 6.92 Å². The minimum Gasteiger partial charge on any atom is -0.288 e. The molecule has 0 spiro atoms. The number of rotatable bonds is 1. The van der Waals surface area contributed by atoms with Gasteiger partial charge in [-0.1, -0.05) is 0 Å². The Bertz CT molecular complexity index is 181. The third-order valence-corrected chi connectivity index (χ3v) is 1.02. The minimum atomic E-state index is -3.20. The van der Waals surface area contributed by atoms with Crippen LogP contribution in [0.1, 0.15) is 6.92 Å². The Morgan fingerprint density at radius 1 is 1.62 bits per heavy atom. The highest BCUT2D eigenvalue weighted by Crippen LogP contribution is 1.71. The van der Waals surface area contributed by atoms with Crippen LogP contribution in [0.5, 0.6) is 0 Å². The lowest BCUT2D eigenvalue weighted by Crippen LogP contribution is -2.25. The van der Waals surface area contributed by atoms with Crippen LogP contribution in [0.4, 0.5) is 0 Å². The topological polar surface area (TPSA) is 70.0 Å². The van der Waals surface area contributed by atoms with E-state index in [4.69, 9.17) is 5.41 Å². The molecule has 0 saturated carbocycles. The van der Waals surface area contributed by atoms with Crippen LogP contribution in [-0.4, -0.2) is 20.5 Å². The molecule has 0 aromatic rings. The maximum absolute atomic E-state index is 10.2. The van der Waals surface area contributed by atoms with E-state index in [1.165, 1.54) is 6.92 Å². The van der Waals surface area contributed by atoms with Gasteiger partial charge in [0.2, 0.25) is 10.0 Å². The fourth-order valence-electron chi connectivity index (χ4n) is 0.278. The zero-order valence-corrected chi connectivity index (χ0v) is 5.54. The van der Waals surface area contributed by atoms with E-state index in [9.17, 15) is 8.42 Å². The van der Waals surface area contributed by atoms with Gasteiger partial charge in [-0.3, -0.25) is 10.1 Å². The first-order valence-corrected chi connectivity index (χ1v) is 3.84. The molecule has 0 heterocycles. The van der Waals surface area contributed by atoms with Crippen molar-refractivity contribution in [3.8, 4) is 0 Å². The average molecular weight is 136 g/mol. The highest BCUT2D eigenvalue weighted by Gasteiger charge is 1.96. The lowest BCUT2D eigenvalue weighted by atomic mass is 10.8. The second kappa shape index (κ2) is 2.13.